The normalized spacial score (nSPS) is 28.8. The molecule has 1 aromatic carbocycles. The molecule has 1 N–H and O–H groups in total. The van der Waals surface area contributed by atoms with Crippen LogP contribution < -0.4 is 0 Å². The van der Waals surface area contributed by atoms with Gasteiger partial charge in [-0.1, -0.05) is 0 Å². The van der Waals surface area contributed by atoms with E-state index in [2.05, 4.69) is 0 Å². The van der Waals surface area contributed by atoms with Crippen LogP contribution in [0.4, 0.5) is 18.0 Å². The molecular formula is C19H24F3NO3. The average molecular weight is 371 g/mol. The molecule has 0 radical (unpaired) electrons. The summed E-state index contributed by atoms with van der Waals surface area (Å²) >= 11 is 0. The fraction of sp³-hybridized carbons (Fsp3) is 0.632. The van der Waals surface area contributed by atoms with Crippen molar-refractivity contribution in [3.63, 3.8) is 0 Å². The molecule has 2 aliphatic rings. The maximum absolute atomic E-state index is 14.3. The van der Waals surface area contributed by atoms with E-state index in [-0.39, 0.29) is 24.9 Å². The third kappa shape index (κ3) is 3.54. The van der Waals surface area contributed by atoms with E-state index in [9.17, 15) is 23.1 Å². The minimum absolute atomic E-state index is 0.0117. The number of amides is 1. The van der Waals surface area contributed by atoms with E-state index in [1.807, 2.05) is 0 Å². The molecule has 0 aromatic heterocycles. The van der Waals surface area contributed by atoms with Crippen LogP contribution in [-0.2, 0) is 10.3 Å². The molecule has 2 heterocycles. The highest BCUT2D eigenvalue weighted by molar-refractivity contribution is 5.69. The van der Waals surface area contributed by atoms with Crippen LogP contribution >= 0.6 is 0 Å². The Kier molecular flexibility index (Phi) is 4.71. The molecule has 0 spiro atoms. The summed E-state index contributed by atoms with van der Waals surface area (Å²) in [5.41, 5.74) is -2.95. The zero-order chi connectivity index (χ0) is 19.3. The monoisotopic (exact) mass is 371 g/mol. The maximum atomic E-state index is 14.3. The first-order valence-electron chi connectivity index (χ1n) is 8.89. The number of ether oxygens (including phenoxy) is 1. The van der Waals surface area contributed by atoms with E-state index >= 15 is 0 Å². The third-order valence-corrected chi connectivity index (χ3v) is 5.08. The molecule has 2 fully saturated rings. The number of rotatable bonds is 1. The fourth-order valence-corrected chi connectivity index (χ4v) is 4.23. The Balaban J connectivity index is 1.91. The topological polar surface area (TPSA) is 49.8 Å². The van der Waals surface area contributed by atoms with E-state index in [0.717, 1.165) is 6.42 Å². The second-order valence-corrected chi connectivity index (χ2v) is 8.31. The van der Waals surface area contributed by atoms with E-state index in [1.54, 1.807) is 25.7 Å². The van der Waals surface area contributed by atoms with Gasteiger partial charge in [-0.3, -0.25) is 0 Å². The van der Waals surface area contributed by atoms with Gasteiger partial charge < -0.3 is 14.7 Å². The first-order valence-corrected chi connectivity index (χ1v) is 8.89. The second kappa shape index (κ2) is 6.44. The average Bonchev–Trinajstić information content (AvgIpc) is 2.42. The zero-order valence-corrected chi connectivity index (χ0v) is 15.2. The number of fused-ring (bicyclic) bond motifs is 2. The van der Waals surface area contributed by atoms with Gasteiger partial charge in [0.2, 0.25) is 0 Å². The van der Waals surface area contributed by atoms with Crippen LogP contribution in [-0.4, -0.2) is 33.8 Å². The predicted octanol–water partition coefficient (Wildman–Crippen LogP) is 4.24. The van der Waals surface area contributed by atoms with Crippen LogP contribution in [0.2, 0.25) is 0 Å². The van der Waals surface area contributed by atoms with Crippen LogP contribution in [0.1, 0.15) is 58.4 Å². The summed E-state index contributed by atoms with van der Waals surface area (Å²) < 4.78 is 47.2. The Morgan fingerprint density at radius 1 is 1.15 bits per heavy atom. The standard InChI is InChI=1S/C19H24F3NO3/c1-18(2,3)26-17(24)23-12-5-4-6-13(23)10-19(25,9-12)16-14(21)7-11(20)8-15(16)22/h7-8,12-13,25H,4-6,9-10H2,1-3H3. The van der Waals surface area contributed by atoms with Gasteiger partial charge in [-0.05, 0) is 40.0 Å². The second-order valence-electron chi connectivity index (χ2n) is 8.31. The summed E-state index contributed by atoms with van der Waals surface area (Å²) in [5, 5.41) is 11.1. The fourth-order valence-electron chi connectivity index (χ4n) is 4.23. The molecule has 1 amide bonds. The van der Waals surface area contributed by atoms with Crippen molar-refractivity contribution >= 4 is 6.09 Å². The van der Waals surface area contributed by atoms with Gasteiger partial charge in [-0.25, -0.2) is 18.0 Å². The minimum atomic E-state index is -1.78. The molecule has 2 atom stereocenters. The van der Waals surface area contributed by atoms with Crippen LogP contribution in [0.3, 0.4) is 0 Å². The van der Waals surface area contributed by atoms with Crippen molar-refractivity contribution in [2.75, 3.05) is 0 Å². The molecule has 4 nitrogen and oxygen atoms in total. The van der Waals surface area contributed by atoms with Crippen molar-refractivity contribution in [1.29, 1.82) is 0 Å². The van der Waals surface area contributed by atoms with Gasteiger partial charge in [0.25, 0.3) is 0 Å². The van der Waals surface area contributed by atoms with Crippen molar-refractivity contribution in [1.82, 2.24) is 4.90 Å². The van der Waals surface area contributed by atoms with Crippen LogP contribution in [0.15, 0.2) is 12.1 Å². The minimum Gasteiger partial charge on any atom is -0.444 e. The van der Waals surface area contributed by atoms with Gasteiger partial charge in [0.1, 0.15) is 23.1 Å². The first-order chi connectivity index (χ1) is 12.0. The quantitative estimate of drug-likeness (QED) is 0.803. The van der Waals surface area contributed by atoms with Crippen molar-refractivity contribution in [3.8, 4) is 0 Å². The molecule has 1 aromatic rings. The Morgan fingerprint density at radius 2 is 1.65 bits per heavy atom. The largest absolute Gasteiger partial charge is 0.444 e. The lowest BCUT2D eigenvalue weighted by molar-refractivity contribution is -0.0992. The number of carbonyl (C=O) groups excluding carboxylic acids is 1. The highest BCUT2D eigenvalue weighted by Gasteiger charge is 2.51. The van der Waals surface area contributed by atoms with Crippen molar-refractivity contribution in [2.45, 2.75) is 76.2 Å². The van der Waals surface area contributed by atoms with Gasteiger partial charge in [0.15, 0.2) is 0 Å². The summed E-state index contributed by atoms with van der Waals surface area (Å²) in [5.74, 6) is -3.23. The van der Waals surface area contributed by atoms with E-state index in [0.29, 0.717) is 25.0 Å². The van der Waals surface area contributed by atoms with Crippen LogP contribution in [0.5, 0.6) is 0 Å². The van der Waals surface area contributed by atoms with Crippen molar-refractivity contribution < 1.29 is 27.8 Å². The summed E-state index contributed by atoms with van der Waals surface area (Å²) in [6, 6.07) is 0.385. The lowest BCUT2D eigenvalue weighted by atomic mass is 9.72. The maximum Gasteiger partial charge on any atom is 0.410 e. The van der Waals surface area contributed by atoms with Crippen molar-refractivity contribution in [3.05, 3.63) is 35.1 Å². The van der Waals surface area contributed by atoms with Gasteiger partial charge >= 0.3 is 6.09 Å². The van der Waals surface area contributed by atoms with E-state index in [4.69, 9.17) is 4.74 Å². The Hall–Kier alpha value is -1.76. The molecule has 26 heavy (non-hydrogen) atoms. The molecule has 2 unspecified atom stereocenters. The van der Waals surface area contributed by atoms with Crippen LogP contribution in [0.25, 0.3) is 0 Å². The predicted molar refractivity (Wildman–Crippen MR) is 88.9 cm³/mol. The van der Waals surface area contributed by atoms with Crippen molar-refractivity contribution in [2.24, 2.45) is 0 Å². The lowest BCUT2D eigenvalue weighted by Crippen LogP contribution is -2.59. The number of hydrogen-bond acceptors (Lipinski definition) is 3. The Morgan fingerprint density at radius 3 is 2.12 bits per heavy atom. The van der Waals surface area contributed by atoms with Crippen LogP contribution in [0, 0.1) is 17.5 Å². The van der Waals surface area contributed by atoms with Gasteiger partial charge in [-0.15, -0.1) is 0 Å². The molecule has 7 heteroatoms. The molecule has 0 saturated carbocycles. The SMILES string of the molecule is CC(C)(C)OC(=O)N1C2CCCC1CC(O)(c1c(F)cc(F)cc1F)C2. The number of aliphatic hydroxyl groups is 1. The summed E-state index contributed by atoms with van der Waals surface area (Å²) in [7, 11) is 0. The number of nitrogens with zero attached hydrogens (tertiary/aromatic N) is 1. The van der Waals surface area contributed by atoms with Gasteiger partial charge in [-0.2, -0.15) is 0 Å². The molecule has 144 valence electrons. The number of halogens is 3. The zero-order valence-electron chi connectivity index (χ0n) is 15.2. The molecule has 2 aliphatic heterocycles. The third-order valence-electron chi connectivity index (χ3n) is 5.08. The number of piperidine rings is 2. The number of hydrogen-bond donors (Lipinski definition) is 1. The van der Waals surface area contributed by atoms with E-state index in [1.165, 1.54) is 0 Å². The molecule has 0 aliphatic carbocycles. The smallest absolute Gasteiger partial charge is 0.410 e. The Labute approximate surface area is 150 Å². The molecular weight excluding hydrogens is 347 g/mol. The molecule has 2 bridgehead atoms. The summed E-state index contributed by atoms with van der Waals surface area (Å²) in [6.07, 6.45) is 1.59. The first kappa shape index (κ1) is 19.0. The number of carbonyl (C=O) groups is 1. The Bertz CT molecular complexity index is 679. The highest BCUT2D eigenvalue weighted by Crippen LogP contribution is 2.46. The molecule has 3 rings (SSSR count). The number of benzene rings is 1. The highest BCUT2D eigenvalue weighted by atomic mass is 19.1. The summed E-state index contributed by atoms with van der Waals surface area (Å²) in [4.78, 5) is 14.2. The van der Waals surface area contributed by atoms with E-state index < -0.39 is 40.3 Å². The lowest BCUT2D eigenvalue weighted by Gasteiger charge is -2.51. The van der Waals surface area contributed by atoms with Gasteiger partial charge in [0.05, 0.1) is 11.2 Å². The summed E-state index contributed by atoms with van der Waals surface area (Å²) in [6.45, 7) is 5.30. The molecule has 2 saturated heterocycles. The van der Waals surface area contributed by atoms with Gasteiger partial charge in [0, 0.05) is 37.1 Å².